The van der Waals surface area contributed by atoms with E-state index in [1.807, 2.05) is 12.1 Å². The highest BCUT2D eigenvalue weighted by atomic mass is 28.4. The molecule has 5 heteroatoms. The Morgan fingerprint density at radius 2 is 1.50 bits per heavy atom. The second-order valence-corrected chi connectivity index (χ2v) is 21.2. The lowest BCUT2D eigenvalue weighted by Crippen LogP contribution is -2.65. The largest absolute Gasteiger partial charge is 0.469 e. The minimum Gasteiger partial charge on any atom is -0.469 e. The molecule has 2 N–H and O–H groups in total. The van der Waals surface area contributed by atoms with Crippen molar-refractivity contribution >= 4 is 24.7 Å². The molecule has 4 aliphatic rings. The average Bonchev–Trinajstić information content (AvgIpc) is 3.41. The summed E-state index contributed by atoms with van der Waals surface area (Å²) in [7, 11) is -1.55. The third-order valence-corrected chi connectivity index (χ3v) is 19.2. The van der Waals surface area contributed by atoms with E-state index >= 15 is 0 Å². The predicted octanol–water partition coefficient (Wildman–Crippen LogP) is 7.74. The van der Waals surface area contributed by atoms with E-state index in [4.69, 9.17) is 4.74 Å². The Kier molecular flexibility index (Phi) is 9.46. The molecule has 0 spiro atoms. The van der Waals surface area contributed by atoms with Gasteiger partial charge in [0.25, 0.3) is 8.32 Å². The van der Waals surface area contributed by atoms with E-state index in [1.54, 1.807) is 0 Å². The smallest absolute Gasteiger partial charge is 0.305 e. The van der Waals surface area contributed by atoms with E-state index in [0.29, 0.717) is 47.8 Å². The van der Waals surface area contributed by atoms with Gasteiger partial charge in [-0.1, -0.05) is 95.3 Å². The fraction of sp³-hybridized carbons (Fsp3) is 0.683. The van der Waals surface area contributed by atoms with Gasteiger partial charge in [0, 0.05) is 6.42 Å². The highest BCUT2D eigenvalue weighted by Crippen LogP contribution is 2.69. The molecule has 2 aromatic carbocycles. The lowest BCUT2D eigenvalue weighted by atomic mass is 9.43. The number of aliphatic hydroxyl groups is 1. The first kappa shape index (κ1) is 33.9. The average molecular weight is 645 g/mol. The van der Waals surface area contributed by atoms with E-state index in [2.05, 4.69) is 83.1 Å². The van der Waals surface area contributed by atoms with Crippen LogP contribution in [0.4, 0.5) is 0 Å². The molecular formula is C41H60O4Si. The number of ether oxygens (including phenoxy) is 1. The van der Waals surface area contributed by atoms with Gasteiger partial charge in [-0.15, -0.1) is 0 Å². The lowest BCUT2D eigenvalue weighted by Gasteiger charge is -2.63. The molecule has 0 aliphatic heterocycles. The lowest BCUT2D eigenvalue weighted by molar-refractivity contribution is -0.170. The number of esters is 1. The zero-order valence-corrected chi connectivity index (χ0v) is 30.4. The highest BCUT2D eigenvalue weighted by Gasteiger charge is 2.63. The van der Waals surface area contributed by atoms with Crippen LogP contribution < -0.4 is 10.4 Å². The van der Waals surface area contributed by atoms with E-state index < -0.39 is 8.32 Å². The SMILES string of the molecule is COC(=O)CC[C@@H](C)C1CCC2C3C(O)CC4CC(CC(C)(C)[Si](O)(c5ccccc5)c5ccccc5)CCC4(C)C3CCC21C. The van der Waals surface area contributed by atoms with Crippen LogP contribution in [0, 0.1) is 52.3 Å². The summed E-state index contributed by atoms with van der Waals surface area (Å²) >= 11 is 0. The highest BCUT2D eigenvalue weighted by molar-refractivity contribution is 6.98. The molecule has 4 saturated carbocycles. The van der Waals surface area contributed by atoms with Gasteiger partial charge in [-0.05, 0) is 132 Å². The van der Waals surface area contributed by atoms with Crippen molar-refractivity contribution in [2.75, 3.05) is 7.11 Å². The van der Waals surface area contributed by atoms with Crippen LogP contribution in [0.5, 0.6) is 0 Å². The van der Waals surface area contributed by atoms with Crippen LogP contribution in [-0.4, -0.2) is 37.4 Å². The first-order chi connectivity index (χ1) is 21.8. The number of rotatable bonds is 9. The monoisotopic (exact) mass is 644 g/mol. The number of carbonyl (C=O) groups is 1. The second-order valence-electron chi connectivity index (χ2n) is 17.3. The zero-order valence-electron chi connectivity index (χ0n) is 29.4. The Morgan fingerprint density at radius 1 is 0.913 bits per heavy atom. The molecule has 10 atom stereocenters. The van der Waals surface area contributed by atoms with Gasteiger partial charge in [-0.2, -0.15) is 0 Å². The van der Waals surface area contributed by atoms with Crippen LogP contribution in [0.25, 0.3) is 0 Å². The van der Waals surface area contributed by atoms with Crippen molar-refractivity contribution in [1.29, 1.82) is 0 Å². The molecule has 0 bridgehead atoms. The molecule has 4 aliphatic carbocycles. The molecule has 4 nitrogen and oxygen atoms in total. The van der Waals surface area contributed by atoms with Gasteiger partial charge in [0.1, 0.15) is 0 Å². The molecule has 9 unspecified atom stereocenters. The first-order valence-corrected chi connectivity index (χ1v) is 20.4. The summed E-state index contributed by atoms with van der Waals surface area (Å²) in [5, 5.41) is 14.0. The summed E-state index contributed by atoms with van der Waals surface area (Å²) in [6, 6.07) is 20.9. The fourth-order valence-electron chi connectivity index (χ4n) is 12.3. The van der Waals surface area contributed by atoms with E-state index in [1.165, 1.54) is 52.1 Å². The number of carbonyl (C=O) groups excluding carboxylic acids is 1. The summed E-state index contributed by atoms with van der Waals surface area (Å²) in [5.74, 6) is 3.71. The molecule has 6 rings (SSSR count). The van der Waals surface area contributed by atoms with Crippen molar-refractivity contribution < 1.29 is 19.4 Å². The summed E-state index contributed by atoms with van der Waals surface area (Å²) in [6.45, 7) is 12.1. The molecule has 0 radical (unpaired) electrons. The molecule has 252 valence electrons. The van der Waals surface area contributed by atoms with Gasteiger partial charge in [0.15, 0.2) is 0 Å². The molecule has 0 amide bonds. The normalized spacial score (nSPS) is 36.7. The van der Waals surface area contributed by atoms with Crippen LogP contribution in [0.15, 0.2) is 60.7 Å². The van der Waals surface area contributed by atoms with Crippen molar-refractivity contribution in [3.8, 4) is 0 Å². The van der Waals surface area contributed by atoms with Crippen molar-refractivity contribution in [3.05, 3.63) is 60.7 Å². The molecule has 2 aromatic rings. The van der Waals surface area contributed by atoms with Gasteiger partial charge in [-0.25, -0.2) is 0 Å². The maximum Gasteiger partial charge on any atom is 0.305 e. The second kappa shape index (κ2) is 12.8. The zero-order chi connectivity index (χ0) is 32.9. The van der Waals surface area contributed by atoms with Gasteiger partial charge in [-0.3, -0.25) is 4.79 Å². The Bertz CT molecular complexity index is 1310. The number of hydrogen-bond acceptors (Lipinski definition) is 4. The maximum atomic E-state index is 12.8. The summed E-state index contributed by atoms with van der Waals surface area (Å²) in [4.78, 5) is 24.7. The Labute approximate surface area is 279 Å². The van der Waals surface area contributed by atoms with Crippen molar-refractivity contribution in [3.63, 3.8) is 0 Å². The van der Waals surface area contributed by atoms with Gasteiger partial charge in [0.05, 0.1) is 13.2 Å². The van der Waals surface area contributed by atoms with Gasteiger partial charge >= 0.3 is 5.97 Å². The van der Waals surface area contributed by atoms with Crippen LogP contribution in [-0.2, 0) is 9.53 Å². The fourth-order valence-corrected chi connectivity index (χ4v) is 16.1. The summed E-state index contributed by atoms with van der Waals surface area (Å²) < 4.78 is 4.95. The minimum atomic E-state index is -3.05. The van der Waals surface area contributed by atoms with Crippen LogP contribution in [0.1, 0.15) is 105 Å². The molecular weight excluding hydrogens is 585 g/mol. The quantitative estimate of drug-likeness (QED) is 0.217. The molecule has 0 heterocycles. The topological polar surface area (TPSA) is 66.8 Å². The predicted molar refractivity (Wildman–Crippen MR) is 189 cm³/mol. The van der Waals surface area contributed by atoms with Crippen molar-refractivity contribution in [2.45, 2.75) is 116 Å². The Hall–Kier alpha value is -1.95. The minimum absolute atomic E-state index is 0.0944. The molecule has 4 fully saturated rings. The molecule has 0 saturated heterocycles. The van der Waals surface area contributed by atoms with Gasteiger partial charge in [0.2, 0.25) is 0 Å². The third kappa shape index (κ3) is 5.64. The number of hydrogen-bond donors (Lipinski definition) is 2. The van der Waals surface area contributed by atoms with E-state index in [0.717, 1.165) is 29.6 Å². The standard InChI is InChI=1S/C41H60O4Si/c1-28(17-20-37(43)45-6)33-18-19-34-38-35(22-24-41(33,34)5)40(4)23-21-29(25-30(40)26-36(38)42)27-39(2,3)46(44,31-13-9-7-10-14-31)32-15-11-8-12-16-32/h7-16,28-30,33-36,38,42,44H,17-27H2,1-6H3/t28-,29?,30?,33?,34?,35?,36?,38?,40?,41?/m1/s1. The molecule has 46 heavy (non-hydrogen) atoms. The molecule has 0 aromatic heterocycles. The Balaban J connectivity index is 1.18. The Morgan fingerprint density at radius 3 is 2.11 bits per heavy atom. The van der Waals surface area contributed by atoms with Crippen LogP contribution in [0.2, 0.25) is 5.04 Å². The number of fused-ring (bicyclic) bond motifs is 5. The van der Waals surface area contributed by atoms with E-state index in [-0.39, 0.29) is 27.9 Å². The summed E-state index contributed by atoms with van der Waals surface area (Å²) in [6.07, 6.45) is 11.7. The van der Waals surface area contributed by atoms with Crippen molar-refractivity contribution in [1.82, 2.24) is 0 Å². The number of methoxy groups -OCH3 is 1. The summed E-state index contributed by atoms with van der Waals surface area (Å²) in [5.41, 5.74) is 0.541. The van der Waals surface area contributed by atoms with E-state index in [9.17, 15) is 14.7 Å². The van der Waals surface area contributed by atoms with Gasteiger partial charge < -0.3 is 14.6 Å². The van der Waals surface area contributed by atoms with Crippen molar-refractivity contribution in [2.24, 2.45) is 52.3 Å². The maximum absolute atomic E-state index is 12.8. The van der Waals surface area contributed by atoms with Crippen LogP contribution >= 0.6 is 0 Å². The number of aliphatic hydroxyl groups excluding tert-OH is 1. The number of benzene rings is 2. The van der Waals surface area contributed by atoms with Crippen LogP contribution in [0.3, 0.4) is 0 Å². The third-order valence-electron chi connectivity index (χ3n) is 14.7. The first-order valence-electron chi connectivity index (χ1n) is 18.4.